The van der Waals surface area contributed by atoms with Gasteiger partial charge in [0.05, 0.1) is 18.6 Å². The van der Waals surface area contributed by atoms with Gasteiger partial charge in [-0.1, -0.05) is 45.9 Å². The van der Waals surface area contributed by atoms with Gasteiger partial charge in [0.25, 0.3) is 0 Å². The van der Waals surface area contributed by atoms with Gasteiger partial charge in [-0.15, -0.1) is 0 Å². The standard InChI is InChI=1S/C24H33FO4.Na.H/c1-15-10-16(6-9-21(15)25)19-13-23(2,3)14-24(4,5)20(19)8-7-17(26)11-18(27)12-22(28)29;;/h6-10,17-18,26-27H,11-14H2,1-5H3,(H,28,29);;/b8-7+;;. The Morgan fingerprint density at radius 3 is 2.43 bits per heavy atom. The van der Waals surface area contributed by atoms with E-state index >= 15 is 0 Å². The van der Waals surface area contributed by atoms with Crippen molar-refractivity contribution in [3.63, 3.8) is 0 Å². The van der Waals surface area contributed by atoms with Crippen molar-refractivity contribution in [2.24, 2.45) is 10.8 Å². The molecule has 30 heavy (non-hydrogen) atoms. The molecule has 162 valence electrons. The minimum absolute atomic E-state index is 0. The molecule has 2 atom stereocenters. The van der Waals surface area contributed by atoms with Gasteiger partial charge in [0, 0.05) is 6.42 Å². The zero-order valence-corrected chi connectivity index (χ0v) is 18.0. The Hall–Kier alpha value is -0.980. The first-order valence-electron chi connectivity index (χ1n) is 10.1. The van der Waals surface area contributed by atoms with E-state index < -0.39 is 24.6 Å². The summed E-state index contributed by atoms with van der Waals surface area (Å²) in [6, 6.07) is 5.16. The zero-order chi connectivity index (χ0) is 22.0. The summed E-state index contributed by atoms with van der Waals surface area (Å²) in [5.41, 5.74) is 3.70. The van der Waals surface area contributed by atoms with Crippen LogP contribution in [0, 0.1) is 23.6 Å². The van der Waals surface area contributed by atoms with Gasteiger partial charge >= 0.3 is 35.5 Å². The Kier molecular flexibility index (Phi) is 9.52. The summed E-state index contributed by atoms with van der Waals surface area (Å²) in [5, 5.41) is 28.8. The molecule has 0 fully saturated rings. The maximum absolute atomic E-state index is 13.8. The van der Waals surface area contributed by atoms with Crippen LogP contribution in [-0.4, -0.2) is 63.1 Å². The molecule has 4 nitrogen and oxygen atoms in total. The number of aliphatic hydroxyl groups excluding tert-OH is 2. The summed E-state index contributed by atoms with van der Waals surface area (Å²) < 4.78 is 13.8. The SMILES string of the molecule is Cc1cc(C2=C(/C=C/C(O)CC(O)CC(=O)O)C(C)(C)CC(C)(C)C2)ccc1F.[NaH]. The van der Waals surface area contributed by atoms with E-state index in [4.69, 9.17) is 5.11 Å². The molecule has 6 heteroatoms. The summed E-state index contributed by atoms with van der Waals surface area (Å²) in [5.74, 6) is -1.33. The van der Waals surface area contributed by atoms with Crippen LogP contribution in [-0.2, 0) is 4.79 Å². The van der Waals surface area contributed by atoms with Gasteiger partial charge < -0.3 is 15.3 Å². The quantitative estimate of drug-likeness (QED) is 0.568. The number of carbonyl (C=O) groups is 1. The van der Waals surface area contributed by atoms with Gasteiger partial charge in [0.15, 0.2) is 0 Å². The Balaban J connectivity index is 0.00000450. The predicted molar refractivity (Wildman–Crippen MR) is 120 cm³/mol. The average Bonchev–Trinajstić information content (AvgIpc) is 2.53. The van der Waals surface area contributed by atoms with Crippen molar-refractivity contribution in [2.75, 3.05) is 0 Å². The number of carboxylic acid groups (broad SMARTS) is 1. The number of allylic oxidation sites excluding steroid dienone is 3. The van der Waals surface area contributed by atoms with Crippen molar-refractivity contribution in [1.29, 1.82) is 0 Å². The normalized spacial score (nSPS) is 20.0. The third-order valence-corrected chi connectivity index (χ3v) is 5.55. The molecule has 2 rings (SSSR count). The molecule has 0 amide bonds. The van der Waals surface area contributed by atoms with E-state index in [-0.39, 0.29) is 52.6 Å². The van der Waals surface area contributed by atoms with E-state index in [9.17, 15) is 19.4 Å². The van der Waals surface area contributed by atoms with Crippen molar-refractivity contribution in [3.8, 4) is 0 Å². The number of hydrogen-bond donors (Lipinski definition) is 3. The summed E-state index contributed by atoms with van der Waals surface area (Å²) in [7, 11) is 0. The first-order valence-corrected chi connectivity index (χ1v) is 10.1. The Bertz CT molecular complexity index is 826. The van der Waals surface area contributed by atoms with Crippen LogP contribution in [0.2, 0.25) is 0 Å². The van der Waals surface area contributed by atoms with Crippen molar-refractivity contribution >= 4 is 41.1 Å². The number of benzene rings is 1. The molecule has 0 aromatic heterocycles. The Morgan fingerprint density at radius 1 is 1.23 bits per heavy atom. The predicted octanol–water partition coefficient (Wildman–Crippen LogP) is 4.23. The second kappa shape index (κ2) is 10.6. The van der Waals surface area contributed by atoms with E-state index in [0.717, 1.165) is 29.6 Å². The molecule has 0 saturated carbocycles. The van der Waals surface area contributed by atoms with E-state index in [1.807, 2.05) is 12.1 Å². The molecule has 0 bridgehead atoms. The van der Waals surface area contributed by atoms with Crippen LogP contribution < -0.4 is 0 Å². The van der Waals surface area contributed by atoms with E-state index in [1.165, 1.54) is 6.07 Å². The molecule has 1 aromatic carbocycles. The molecule has 1 aromatic rings. The van der Waals surface area contributed by atoms with Gasteiger partial charge in [-0.05, 0) is 65.0 Å². The molecule has 2 unspecified atom stereocenters. The molecule has 0 radical (unpaired) electrons. The summed E-state index contributed by atoms with van der Waals surface area (Å²) in [4.78, 5) is 10.7. The van der Waals surface area contributed by atoms with Gasteiger partial charge in [0.2, 0.25) is 0 Å². The van der Waals surface area contributed by atoms with Crippen LogP contribution in [0.25, 0.3) is 5.57 Å². The van der Waals surface area contributed by atoms with Crippen molar-refractivity contribution in [1.82, 2.24) is 0 Å². The van der Waals surface area contributed by atoms with Crippen LogP contribution in [0.3, 0.4) is 0 Å². The van der Waals surface area contributed by atoms with Crippen LogP contribution in [0.4, 0.5) is 4.39 Å². The number of carboxylic acids is 1. The average molecular weight is 429 g/mol. The molecule has 3 N–H and O–H groups in total. The molecule has 0 aliphatic heterocycles. The van der Waals surface area contributed by atoms with Crippen molar-refractivity contribution < 1.29 is 24.5 Å². The monoisotopic (exact) mass is 428 g/mol. The summed E-state index contributed by atoms with van der Waals surface area (Å²) >= 11 is 0. The molecule has 0 heterocycles. The van der Waals surface area contributed by atoms with Gasteiger partial charge in [-0.3, -0.25) is 4.79 Å². The fourth-order valence-corrected chi connectivity index (χ4v) is 4.60. The fraction of sp³-hybridized carbons (Fsp3) is 0.542. The molecule has 1 aliphatic rings. The van der Waals surface area contributed by atoms with E-state index in [0.29, 0.717) is 5.56 Å². The minimum atomic E-state index is -1.10. The molecule has 1 aliphatic carbocycles. The molecule has 0 saturated heterocycles. The first kappa shape index (κ1) is 27.1. The fourth-order valence-electron chi connectivity index (χ4n) is 4.60. The molecular weight excluding hydrogens is 394 g/mol. The van der Waals surface area contributed by atoms with Crippen molar-refractivity contribution in [3.05, 3.63) is 52.9 Å². The van der Waals surface area contributed by atoms with Gasteiger partial charge in [0.1, 0.15) is 5.82 Å². The summed E-state index contributed by atoms with van der Waals surface area (Å²) in [6.45, 7) is 10.5. The third kappa shape index (κ3) is 7.31. The number of halogens is 1. The third-order valence-electron chi connectivity index (χ3n) is 5.55. The number of aliphatic hydroxyl groups is 2. The zero-order valence-electron chi connectivity index (χ0n) is 18.0. The number of aryl methyl sites for hydroxylation is 1. The Labute approximate surface area is 201 Å². The maximum atomic E-state index is 13.8. The summed E-state index contributed by atoms with van der Waals surface area (Å²) in [6.07, 6.45) is 2.83. The van der Waals surface area contributed by atoms with Crippen LogP contribution in [0.15, 0.2) is 35.9 Å². The number of aliphatic carboxylic acids is 1. The second-order valence-electron chi connectivity index (χ2n) is 9.67. The van der Waals surface area contributed by atoms with E-state index in [1.54, 1.807) is 19.1 Å². The van der Waals surface area contributed by atoms with Crippen LogP contribution in [0.1, 0.15) is 64.5 Å². The van der Waals surface area contributed by atoms with Gasteiger partial charge in [-0.2, -0.15) is 0 Å². The Morgan fingerprint density at radius 2 is 1.87 bits per heavy atom. The topological polar surface area (TPSA) is 77.8 Å². The van der Waals surface area contributed by atoms with Crippen molar-refractivity contribution in [2.45, 2.75) is 72.5 Å². The number of hydrogen-bond acceptors (Lipinski definition) is 3. The molecular formula is C24H34FNaO4. The van der Waals surface area contributed by atoms with Gasteiger partial charge in [-0.25, -0.2) is 4.39 Å². The molecule has 0 spiro atoms. The second-order valence-corrected chi connectivity index (χ2v) is 9.67. The van der Waals surface area contributed by atoms with E-state index in [2.05, 4.69) is 27.7 Å². The van der Waals surface area contributed by atoms with Crippen LogP contribution >= 0.6 is 0 Å². The van der Waals surface area contributed by atoms with Crippen LogP contribution in [0.5, 0.6) is 0 Å². The number of rotatable bonds is 7. The first-order chi connectivity index (χ1) is 13.3.